The first-order valence-electron chi connectivity index (χ1n) is 7.83. The van der Waals surface area contributed by atoms with Gasteiger partial charge in [-0.05, 0) is 12.1 Å². The van der Waals surface area contributed by atoms with E-state index in [-0.39, 0.29) is 17.0 Å². The molecule has 1 saturated heterocycles. The molecule has 2 aromatic rings. The maximum atomic E-state index is 12.7. The van der Waals surface area contributed by atoms with E-state index in [1.54, 1.807) is 42.5 Å². The lowest BCUT2D eigenvalue weighted by molar-refractivity contribution is 0.0673. The molecule has 3 rings (SSSR count). The molecule has 0 unspecified atom stereocenters. The number of ether oxygens (including phenoxy) is 1. The number of methoxy groups -OCH3 is 1. The Bertz CT molecular complexity index is 788. The zero-order valence-electron chi connectivity index (χ0n) is 13.8. The summed E-state index contributed by atoms with van der Waals surface area (Å²) < 4.78 is 5.10. The number of carboxylic acids is 1. The van der Waals surface area contributed by atoms with Gasteiger partial charge in [0.25, 0.3) is 5.91 Å². The van der Waals surface area contributed by atoms with E-state index in [1.807, 2.05) is 4.90 Å². The molecule has 0 atom stereocenters. The molecule has 0 radical (unpaired) electrons. The van der Waals surface area contributed by atoms with Crippen molar-refractivity contribution in [1.82, 2.24) is 14.9 Å². The third kappa shape index (κ3) is 3.52. The minimum Gasteiger partial charge on any atom is -0.481 e. The molecule has 0 aliphatic carbocycles. The minimum absolute atomic E-state index is 0.0195. The van der Waals surface area contributed by atoms with Crippen LogP contribution in [0.3, 0.4) is 0 Å². The first kappa shape index (κ1) is 16.7. The van der Waals surface area contributed by atoms with Gasteiger partial charge >= 0.3 is 5.97 Å². The number of carbonyl (C=O) groups is 2. The Balaban J connectivity index is 1.70. The number of hydrogen-bond acceptors (Lipinski definition) is 6. The topological polar surface area (TPSA) is 95.9 Å². The van der Waals surface area contributed by atoms with Crippen molar-refractivity contribution in [2.45, 2.75) is 0 Å². The molecule has 1 aromatic carbocycles. The number of aromatic carboxylic acids is 1. The van der Waals surface area contributed by atoms with E-state index in [0.717, 1.165) is 0 Å². The van der Waals surface area contributed by atoms with Gasteiger partial charge < -0.3 is 19.6 Å². The number of benzene rings is 1. The summed E-state index contributed by atoms with van der Waals surface area (Å²) in [6.45, 7) is 2.06. The van der Waals surface area contributed by atoms with Crippen molar-refractivity contribution in [3.63, 3.8) is 0 Å². The van der Waals surface area contributed by atoms with Crippen LogP contribution >= 0.6 is 0 Å². The van der Waals surface area contributed by atoms with E-state index in [0.29, 0.717) is 38.0 Å². The quantitative estimate of drug-likeness (QED) is 0.890. The van der Waals surface area contributed by atoms with Crippen LogP contribution in [0.15, 0.2) is 36.5 Å². The zero-order valence-corrected chi connectivity index (χ0v) is 13.8. The fraction of sp³-hybridized carbons (Fsp3) is 0.294. The molecule has 2 heterocycles. The number of carboxylic acid groups (broad SMARTS) is 1. The third-order valence-corrected chi connectivity index (χ3v) is 4.06. The van der Waals surface area contributed by atoms with Gasteiger partial charge in [0.2, 0.25) is 11.8 Å². The molecule has 8 heteroatoms. The van der Waals surface area contributed by atoms with E-state index in [9.17, 15) is 14.7 Å². The highest BCUT2D eigenvalue weighted by Gasteiger charge is 2.26. The molecule has 130 valence electrons. The molecule has 0 bridgehead atoms. The molecule has 25 heavy (non-hydrogen) atoms. The van der Waals surface area contributed by atoms with Crippen molar-refractivity contribution < 1.29 is 19.4 Å². The lowest BCUT2D eigenvalue weighted by atomic mass is 10.1. The first-order valence-corrected chi connectivity index (χ1v) is 7.83. The average molecular weight is 342 g/mol. The van der Waals surface area contributed by atoms with Gasteiger partial charge in [0.1, 0.15) is 0 Å². The summed E-state index contributed by atoms with van der Waals surface area (Å²) in [5.41, 5.74) is 0.229. The Labute approximate surface area is 144 Å². The van der Waals surface area contributed by atoms with E-state index in [4.69, 9.17) is 4.74 Å². The molecule has 0 saturated carbocycles. The number of nitrogens with zero attached hydrogens (tertiary/aromatic N) is 4. The molecule has 1 aliphatic rings. The van der Waals surface area contributed by atoms with Crippen LogP contribution in [0.2, 0.25) is 0 Å². The van der Waals surface area contributed by atoms with Crippen molar-refractivity contribution in [2.24, 2.45) is 0 Å². The van der Waals surface area contributed by atoms with E-state index < -0.39 is 5.97 Å². The molecule has 1 aromatic heterocycles. The SMILES string of the molecule is COc1ccnc(N2CCN(C(=O)c3ccccc3C(=O)O)CC2)n1. The van der Waals surface area contributed by atoms with Crippen LogP contribution in [0.25, 0.3) is 0 Å². The van der Waals surface area contributed by atoms with Crippen molar-refractivity contribution in [2.75, 3.05) is 38.2 Å². The normalized spacial score (nSPS) is 14.3. The summed E-state index contributed by atoms with van der Waals surface area (Å²) in [6, 6.07) is 7.93. The Morgan fingerprint density at radius 2 is 1.76 bits per heavy atom. The van der Waals surface area contributed by atoms with Crippen LogP contribution in [0.5, 0.6) is 5.88 Å². The van der Waals surface area contributed by atoms with Gasteiger partial charge in [0, 0.05) is 38.4 Å². The van der Waals surface area contributed by atoms with Gasteiger partial charge in [-0.15, -0.1) is 0 Å². The summed E-state index contributed by atoms with van der Waals surface area (Å²) in [4.78, 5) is 36.1. The Morgan fingerprint density at radius 1 is 1.08 bits per heavy atom. The van der Waals surface area contributed by atoms with Gasteiger partial charge in [-0.25, -0.2) is 9.78 Å². The highest BCUT2D eigenvalue weighted by molar-refractivity contribution is 6.04. The first-order chi connectivity index (χ1) is 12.1. The Morgan fingerprint density at radius 3 is 2.40 bits per heavy atom. The Hall–Kier alpha value is -3.16. The standard InChI is InChI=1S/C17H18N4O4/c1-25-14-6-7-18-17(19-14)21-10-8-20(9-11-21)15(22)12-4-2-3-5-13(12)16(23)24/h2-7H,8-11H2,1H3,(H,23,24). The molecular formula is C17H18N4O4. The van der Waals surface area contributed by atoms with E-state index in [1.165, 1.54) is 6.07 Å². The highest BCUT2D eigenvalue weighted by atomic mass is 16.5. The number of aromatic nitrogens is 2. The summed E-state index contributed by atoms with van der Waals surface area (Å²) >= 11 is 0. The number of rotatable bonds is 4. The highest BCUT2D eigenvalue weighted by Crippen LogP contribution is 2.17. The summed E-state index contributed by atoms with van der Waals surface area (Å²) in [7, 11) is 1.54. The second kappa shape index (κ2) is 7.16. The molecular weight excluding hydrogens is 324 g/mol. The largest absolute Gasteiger partial charge is 0.481 e. The fourth-order valence-electron chi connectivity index (χ4n) is 2.73. The second-order valence-electron chi connectivity index (χ2n) is 5.53. The molecule has 8 nitrogen and oxygen atoms in total. The summed E-state index contributed by atoms with van der Waals surface area (Å²) in [5, 5.41) is 9.25. The van der Waals surface area contributed by atoms with Crippen LogP contribution < -0.4 is 9.64 Å². The Kier molecular flexibility index (Phi) is 4.78. The van der Waals surface area contributed by atoms with E-state index >= 15 is 0 Å². The van der Waals surface area contributed by atoms with Gasteiger partial charge in [-0.2, -0.15) is 4.98 Å². The van der Waals surface area contributed by atoms with Gasteiger partial charge in [0.05, 0.1) is 18.2 Å². The lowest BCUT2D eigenvalue weighted by Gasteiger charge is -2.35. The van der Waals surface area contributed by atoms with Crippen molar-refractivity contribution >= 4 is 17.8 Å². The summed E-state index contributed by atoms with van der Waals surface area (Å²) in [6.07, 6.45) is 1.63. The molecule has 1 amide bonds. The average Bonchev–Trinajstić information content (AvgIpc) is 2.67. The number of amides is 1. The number of hydrogen-bond donors (Lipinski definition) is 1. The second-order valence-corrected chi connectivity index (χ2v) is 5.53. The van der Waals surface area contributed by atoms with Crippen LogP contribution in [-0.2, 0) is 0 Å². The minimum atomic E-state index is -1.10. The van der Waals surface area contributed by atoms with Gasteiger partial charge in [-0.3, -0.25) is 4.79 Å². The number of piperazine rings is 1. The molecule has 0 spiro atoms. The van der Waals surface area contributed by atoms with Crippen molar-refractivity contribution in [3.05, 3.63) is 47.7 Å². The van der Waals surface area contributed by atoms with Gasteiger partial charge in [-0.1, -0.05) is 12.1 Å². The van der Waals surface area contributed by atoms with Gasteiger partial charge in [0.15, 0.2) is 0 Å². The fourth-order valence-corrected chi connectivity index (χ4v) is 2.73. The maximum Gasteiger partial charge on any atom is 0.336 e. The van der Waals surface area contributed by atoms with Crippen LogP contribution in [0.4, 0.5) is 5.95 Å². The third-order valence-electron chi connectivity index (χ3n) is 4.06. The van der Waals surface area contributed by atoms with Crippen LogP contribution in [-0.4, -0.2) is 65.1 Å². The van der Waals surface area contributed by atoms with Crippen LogP contribution in [0, 0.1) is 0 Å². The maximum absolute atomic E-state index is 12.7. The predicted octanol–water partition coefficient (Wildman–Crippen LogP) is 1.15. The monoisotopic (exact) mass is 342 g/mol. The number of anilines is 1. The zero-order chi connectivity index (χ0) is 17.8. The number of carbonyl (C=O) groups excluding carboxylic acids is 1. The van der Waals surface area contributed by atoms with Crippen molar-refractivity contribution in [3.8, 4) is 5.88 Å². The van der Waals surface area contributed by atoms with Crippen LogP contribution in [0.1, 0.15) is 20.7 Å². The smallest absolute Gasteiger partial charge is 0.336 e. The molecule has 1 fully saturated rings. The summed E-state index contributed by atoms with van der Waals surface area (Å²) in [5.74, 6) is -0.340. The van der Waals surface area contributed by atoms with Crippen molar-refractivity contribution in [1.29, 1.82) is 0 Å². The molecule has 1 aliphatic heterocycles. The molecule has 1 N–H and O–H groups in total. The van der Waals surface area contributed by atoms with E-state index in [2.05, 4.69) is 9.97 Å². The predicted molar refractivity (Wildman–Crippen MR) is 90.1 cm³/mol. The lowest BCUT2D eigenvalue weighted by Crippen LogP contribution is -2.49.